The molecule has 1 aliphatic rings. The predicted molar refractivity (Wildman–Crippen MR) is 103 cm³/mol. The van der Waals surface area contributed by atoms with E-state index < -0.39 is 18.0 Å². The van der Waals surface area contributed by atoms with Crippen LogP contribution in [0.25, 0.3) is 0 Å². The maximum atomic E-state index is 12.5. The monoisotopic (exact) mass is 430 g/mol. The van der Waals surface area contributed by atoms with Crippen molar-refractivity contribution in [2.45, 2.75) is 18.9 Å². The first-order chi connectivity index (χ1) is 13.0. The maximum Gasteiger partial charge on any atom is 0.417 e. The third kappa shape index (κ3) is 4.95. The predicted octanol–water partition coefficient (Wildman–Crippen LogP) is 3.22. The Hall–Kier alpha value is -2.67. The van der Waals surface area contributed by atoms with Crippen LogP contribution in [0.15, 0.2) is 59.1 Å². The Morgan fingerprint density at radius 3 is 2.48 bits per heavy atom. The number of rotatable bonds is 7. The van der Waals surface area contributed by atoms with Crippen LogP contribution in [0.5, 0.6) is 0 Å². The number of ether oxygens (including phenoxy) is 1. The summed E-state index contributed by atoms with van der Waals surface area (Å²) in [5.41, 5.74) is 1.86. The molecule has 0 aliphatic carbocycles. The number of nitrogens with zero attached hydrogens (tertiary/aromatic N) is 1. The molecule has 2 aromatic rings. The number of carbonyl (C=O) groups excluding carboxylic acids is 3. The van der Waals surface area contributed by atoms with E-state index in [0.717, 1.165) is 20.5 Å². The Kier molecular flexibility index (Phi) is 6.24. The first kappa shape index (κ1) is 19.1. The van der Waals surface area contributed by atoms with Crippen LogP contribution >= 0.6 is 15.9 Å². The minimum atomic E-state index is -0.677. The summed E-state index contributed by atoms with van der Waals surface area (Å²) in [5.74, 6) is -0.553. The van der Waals surface area contributed by atoms with Gasteiger partial charge in [-0.15, -0.1) is 0 Å². The lowest BCUT2D eigenvalue weighted by molar-refractivity contribution is -0.127. The molecule has 1 saturated heterocycles. The molecule has 6 nitrogen and oxygen atoms in total. The standard InChI is InChI=1S/C20H19BrN2O4/c21-16-9-5-4-6-14(16)10-11-18(24)22-17(15-7-2-1-3-8-15)12-23-19(25)13-27-20(23)26/h1-9,17H,10-13H2,(H,22,24)/t17-/m1/s1. The molecule has 0 bridgehead atoms. The summed E-state index contributed by atoms with van der Waals surface area (Å²) in [7, 11) is 0. The van der Waals surface area contributed by atoms with Gasteiger partial charge in [-0.3, -0.25) is 9.59 Å². The van der Waals surface area contributed by atoms with Gasteiger partial charge in [-0.05, 0) is 23.6 Å². The van der Waals surface area contributed by atoms with E-state index in [2.05, 4.69) is 21.2 Å². The molecule has 140 valence electrons. The summed E-state index contributed by atoms with van der Waals surface area (Å²) in [6, 6.07) is 16.5. The highest BCUT2D eigenvalue weighted by Gasteiger charge is 2.33. The second kappa shape index (κ2) is 8.81. The summed E-state index contributed by atoms with van der Waals surface area (Å²) in [6.45, 7) is -0.210. The molecular weight excluding hydrogens is 412 g/mol. The number of cyclic esters (lactones) is 1. The van der Waals surface area contributed by atoms with Crippen LogP contribution in [0.4, 0.5) is 4.79 Å². The molecule has 1 aliphatic heterocycles. The van der Waals surface area contributed by atoms with Gasteiger partial charge in [-0.1, -0.05) is 64.5 Å². The minimum Gasteiger partial charge on any atom is -0.439 e. The zero-order valence-corrected chi connectivity index (χ0v) is 16.1. The molecule has 3 amide bonds. The Morgan fingerprint density at radius 1 is 1.11 bits per heavy atom. The Labute approximate surface area is 165 Å². The lowest BCUT2D eigenvalue weighted by atomic mass is 10.1. The second-order valence-corrected chi connectivity index (χ2v) is 7.04. The number of aryl methyl sites for hydroxylation is 1. The number of benzene rings is 2. The molecule has 7 heteroatoms. The largest absolute Gasteiger partial charge is 0.439 e. The van der Waals surface area contributed by atoms with Crippen LogP contribution < -0.4 is 5.32 Å². The summed E-state index contributed by atoms with van der Waals surface area (Å²) in [6.07, 6.45) is 0.201. The van der Waals surface area contributed by atoms with Crippen LogP contribution in [0.2, 0.25) is 0 Å². The molecule has 0 saturated carbocycles. The van der Waals surface area contributed by atoms with Crippen molar-refractivity contribution in [2.75, 3.05) is 13.2 Å². The van der Waals surface area contributed by atoms with Crippen molar-refractivity contribution in [1.82, 2.24) is 10.2 Å². The van der Waals surface area contributed by atoms with Crippen molar-refractivity contribution in [3.63, 3.8) is 0 Å². The van der Waals surface area contributed by atoms with Crippen LogP contribution in [0.1, 0.15) is 23.6 Å². The van der Waals surface area contributed by atoms with Gasteiger partial charge in [0.15, 0.2) is 6.61 Å². The Bertz CT molecular complexity index is 825. The SMILES string of the molecule is O=C(CCc1ccccc1Br)N[C@H](CN1C(=O)COC1=O)c1ccccc1. The van der Waals surface area contributed by atoms with E-state index in [1.54, 1.807) is 0 Å². The van der Waals surface area contributed by atoms with E-state index in [9.17, 15) is 14.4 Å². The van der Waals surface area contributed by atoms with E-state index in [4.69, 9.17) is 4.74 Å². The average Bonchev–Trinajstić information content (AvgIpc) is 2.99. The normalized spacial score (nSPS) is 14.8. The fourth-order valence-corrected chi connectivity index (χ4v) is 3.36. The molecule has 1 fully saturated rings. The van der Waals surface area contributed by atoms with Gasteiger partial charge in [-0.25, -0.2) is 9.69 Å². The zero-order chi connectivity index (χ0) is 19.2. The van der Waals surface area contributed by atoms with Gasteiger partial charge in [0.25, 0.3) is 5.91 Å². The van der Waals surface area contributed by atoms with E-state index in [0.29, 0.717) is 12.8 Å². The lowest BCUT2D eigenvalue weighted by Crippen LogP contribution is -2.40. The van der Waals surface area contributed by atoms with Crippen molar-refractivity contribution < 1.29 is 19.1 Å². The Morgan fingerprint density at radius 2 is 1.81 bits per heavy atom. The van der Waals surface area contributed by atoms with E-state index in [-0.39, 0.29) is 19.1 Å². The number of hydrogen-bond acceptors (Lipinski definition) is 4. The molecule has 1 atom stereocenters. The average molecular weight is 431 g/mol. The van der Waals surface area contributed by atoms with Crippen molar-refractivity contribution in [3.8, 4) is 0 Å². The van der Waals surface area contributed by atoms with Crippen LogP contribution in [0.3, 0.4) is 0 Å². The molecular formula is C20H19BrN2O4. The highest BCUT2D eigenvalue weighted by Crippen LogP contribution is 2.19. The molecule has 0 spiro atoms. The van der Waals surface area contributed by atoms with Crippen LogP contribution in [-0.4, -0.2) is 36.0 Å². The topological polar surface area (TPSA) is 75.7 Å². The van der Waals surface area contributed by atoms with Gasteiger partial charge < -0.3 is 10.1 Å². The van der Waals surface area contributed by atoms with E-state index in [1.165, 1.54) is 0 Å². The van der Waals surface area contributed by atoms with E-state index >= 15 is 0 Å². The summed E-state index contributed by atoms with van der Waals surface area (Å²) in [5, 5.41) is 2.94. The zero-order valence-electron chi connectivity index (χ0n) is 14.6. The van der Waals surface area contributed by atoms with Crippen LogP contribution in [-0.2, 0) is 20.7 Å². The van der Waals surface area contributed by atoms with Crippen molar-refractivity contribution in [1.29, 1.82) is 0 Å². The third-order valence-corrected chi connectivity index (χ3v) is 5.10. The molecule has 1 heterocycles. The quantitative estimate of drug-likeness (QED) is 0.731. The number of imide groups is 1. The fraction of sp³-hybridized carbons (Fsp3) is 0.250. The van der Waals surface area contributed by atoms with Gasteiger partial charge >= 0.3 is 6.09 Å². The highest BCUT2D eigenvalue weighted by atomic mass is 79.9. The molecule has 27 heavy (non-hydrogen) atoms. The van der Waals surface area contributed by atoms with Crippen molar-refractivity contribution in [2.24, 2.45) is 0 Å². The van der Waals surface area contributed by atoms with Gasteiger partial charge in [0.05, 0.1) is 12.6 Å². The van der Waals surface area contributed by atoms with Gasteiger partial charge in [-0.2, -0.15) is 0 Å². The lowest BCUT2D eigenvalue weighted by Gasteiger charge is -2.23. The van der Waals surface area contributed by atoms with Gasteiger partial charge in [0.2, 0.25) is 5.91 Å². The third-order valence-electron chi connectivity index (χ3n) is 4.32. The second-order valence-electron chi connectivity index (χ2n) is 6.18. The first-order valence-corrected chi connectivity index (χ1v) is 9.38. The van der Waals surface area contributed by atoms with Crippen molar-refractivity contribution in [3.05, 3.63) is 70.2 Å². The molecule has 0 unspecified atom stereocenters. The number of hydrogen-bond donors (Lipinski definition) is 1. The van der Waals surface area contributed by atoms with Gasteiger partial charge in [0, 0.05) is 10.9 Å². The summed E-state index contributed by atoms with van der Waals surface area (Å²) >= 11 is 3.48. The number of nitrogens with one attached hydrogen (secondary N) is 1. The smallest absolute Gasteiger partial charge is 0.417 e. The van der Waals surface area contributed by atoms with Gasteiger partial charge in [0.1, 0.15) is 0 Å². The molecule has 0 aromatic heterocycles. The van der Waals surface area contributed by atoms with Crippen molar-refractivity contribution >= 4 is 33.8 Å². The highest BCUT2D eigenvalue weighted by molar-refractivity contribution is 9.10. The minimum absolute atomic E-state index is 0.0441. The summed E-state index contributed by atoms with van der Waals surface area (Å²) < 4.78 is 5.72. The number of halogens is 1. The van der Waals surface area contributed by atoms with E-state index in [1.807, 2.05) is 54.6 Å². The molecule has 2 aromatic carbocycles. The fourth-order valence-electron chi connectivity index (χ4n) is 2.88. The summed E-state index contributed by atoms with van der Waals surface area (Å²) in [4.78, 5) is 37.1. The molecule has 1 N–H and O–H groups in total. The van der Waals surface area contributed by atoms with Crippen LogP contribution in [0, 0.1) is 0 Å². The number of carbonyl (C=O) groups is 3. The molecule has 3 rings (SSSR count). The maximum absolute atomic E-state index is 12.5. The Balaban J connectivity index is 1.67. The number of amides is 3. The molecule has 0 radical (unpaired) electrons. The first-order valence-electron chi connectivity index (χ1n) is 8.59.